The van der Waals surface area contributed by atoms with E-state index in [1.807, 2.05) is 13.0 Å². The highest BCUT2D eigenvalue weighted by atomic mass is 19.1. The summed E-state index contributed by atoms with van der Waals surface area (Å²) < 4.78 is 24.6. The Labute approximate surface area is 123 Å². The van der Waals surface area contributed by atoms with Gasteiger partial charge < -0.3 is 15.2 Å². The topological polar surface area (TPSA) is 57.4 Å². The number of aryl methyl sites for hydroxylation is 1. The lowest BCUT2D eigenvalue weighted by atomic mass is 10.1. The maximum absolute atomic E-state index is 13.8. The predicted molar refractivity (Wildman–Crippen MR) is 78.9 cm³/mol. The van der Waals surface area contributed by atoms with Gasteiger partial charge in [0.1, 0.15) is 23.9 Å². The van der Waals surface area contributed by atoms with Crippen molar-refractivity contribution in [3.05, 3.63) is 53.1 Å². The first-order chi connectivity index (χ1) is 9.99. The summed E-state index contributed by atoms with van der Waals surface area (Å²) in [6.07, 6.45) is 0. The molecule has 21 heavy (non-hydrogen) atoms. The van der Waals surface area contributed by atoms with Crippen LogP contribution in [0.4, 0.5) is 4.39 Å². The summed E-state index contributed by atoms with van der Waals surface area (Å²) in [6.45, 7) is 3.86. The van der Waals surface area contributed by atoms with Gasteiger partial charge in [0.15, 0.2) is 0 Å². The Morgan fingerprint density at radius 3 is 2.62 bits per heavy atom. The van der Waals surface area contributed by atoms with Crippen molar-refractivity contribution in [1.29, 1.82) is 0 Å². The number of hydrogen-bond acceptors (Lipinski definition) is 4. The molecule has 0 spiro atoms. The monoisotopic (exact) mass is 290 g/mol. The SMILES string of the molecule is COc1cc(C)nc(COc2ccc([C@@H](C)N)c(F)c2)c1. The minimum Gasteiger partial charge on any atom is -0.497 e. The number of ether oxygens (including phenoxy) is 2. The van der Waals surface area contributed by atoms with Crippen LogP contribution in [0.25, 0.3) is 0 Å². The van der Waals surface area contributed by atoms with Crippen molar-refractivity contribution in [3.8, 4) is 11.5 Å². The molecule has 0 saturated heterocycles. The molecule has 0 saturated carbocycles. The van der Waals surface area contributed by atoms with E-state index >= 15 is 0 Å². The average Bonchev–Trinajstić information content (AvgIpc) is 2.44. The number of methoxy groups -OCH3 is 1. The third-order valence-electron chi connectivity index (χ3n) is 3.06. The van der Waals surface area contributed by atoms with Crippen molar-refractivity contribution in [2.24, 2.45) is 5.73 Å². The zero-order valence-corrected chi connectivity index (χ0v) is 12.4. The Morgan fingerprint density at radius 2 is 2.00 bits per heavy atom. The van der Waals surface area contributed by atoms with E-state index in [0.29, 0.717) is 11.3 Å². The lowest BCUT2D eigenvalue weighted by Crippen LogP contribution is -2.07. The van der Waals surface area contributed by atoms with E-state index in [1.165, 1.54) is 6.07 Å². The van der Waals surface area contributed by atoms with Crippen molar-refractivity contribution >= 4 is 0 Å². The third kappa shape index (κ3) is 3.92. The van der Waals surface area contributed by atoms with Crippen LogP contribution in [0.1, 0.15) is 29.9 Å². The zero-order valence-electron chi connectivity index (χ0n) is 12.4. The predicted octanol–water partition coefficient (Wildman–Crippen LogP) is 3.14. The molecule has 0 unspecified atom stereocenters. The van der Waals surface area contributed by atoms with Gasteiger partial charge in [-0.3, -0.25) is 4.98 Å². The van der Waals surface area contributed by atoms with Crippen molar-refractivity contribution < 1.29 is 13.9 Å². The van der Waals surface area contributed by atoms with Crippen LogP contribution >= 0.6 is 0 Å². The molecule has 0 radical (unpaired) electrons. The molecule has 5 heteroatoms. The fourth-order valence-corrected chi connectivity index (χ4v) is 2.02. The third-order valence-corrected chi connectivity index (χ3v) is 3.06. The lowest BCUT2D eigenvalue weighted by Gasteiger charge is -2.11. The summed E-state index contributed by atoms with van der Waals surface area (Å²) in [4.78, 5) is 4.35. The lowest BCUT2D eigenvalue weighted by molar-refractivity contribution is 0.298. The van der Waals surface area contributed by atoms with Gasteiger partial charge in [-0.25, -0.2) is 4.39 Å². The maximum Gasteiger partial charge on any atom is 0.131 e. The van der Waals surface area contributed by atoms with Gasteiger partial charge in [0.2, 0.25) is 0 Å². The summed E-state index contributed by atoms with van der Waals surface area (Å²) in [6, 6.07) is 7.96. The molecule has 0 fully saturated rings. The van der Waals surface area contributed by atoms with Crippen LogP contribution < -0.4 is 15.2 Å². The molecular formula is C16H19FN2O2. The van der Waals surface area contributed by atoms with E-state index in [-0.39, 0.29) is 18.5 Å². The van der Waals surface area contributed by atoms with E-state index in [1.54, 1.807) is 32.2 Å². The molecule has 1 atom stereocenters. The number of halogens is 1. The van der Waals surface area contributed by atoms with E-state index in [0.717, 1.165) is 17.1 Å². The number of pyridine rings is 1. The van der Waals surface area contributed by atoms with Crippen LogP contribution in [-0.2, 0) is 6.61 Å². The Balaban J connectivity index is 2.09. The molecule has 112 valence electrons. The van der Waals surface area contributed by atoms with Gasteiger partial charge in [-0.1, -0.05) is 6.07 Å². The van der Waals surface area contributed by atoms with E-state index < -0.39 is 0 Å². The number of rotatable bonds is 5. The van der Waals surface area contributed by atoms with Crippen LogP contribution in [0.15, 0.2) is 30.3 Å². The van der Waals surface area contributed by atoms with Gasteiger partial charge in [-0.05, 0) is 19.9 Å². The average molecular weight is 290 g/mol. The minimum atomic E-state index is -0.364. The number of aromatic nitrogens is 1. The quantitative estimate of drug-likeness (QED) is 0.919. The maximum atomic E-state index is 13.8. The van der Waals surface area contributed by atoms with Gasteiger partial charge in [-0.2, -0.15) is 0 Å². The summed E-state index contributed by atoms with van der Waals surface area (Å²) in [5.41, 5.74) is 7.71. The summed E-state index contributed by atoms with van der Waals surface area (Å²) in [7, 11) is 1.60. The Bertz CT molecular complexity index is 630. The van der Waals surface area contributed by atoms with Crippen LogP contribution in [0.3, 0.4) is 0 Å². The van der Waals surface area contributed by atoms with Crippen molar-refractivity contribution in [2.75, 3.05) is 7.11 Å². The first-order valence-corrected chi connectivity index (χ1v) is 6.69. The summed E-state index contributed by atoms with van der Waals surface area (Å²) in [5, 5.41) is 0. The highest BCUT2D eigenvalue weighted by molar-refractivity contribution is 5.31. The highest BCUT2D eigenvalue weighted by Gasteiger charge is 2.08. The van der Waals surface area contributed by atoms with Crippen LogP contribution in [-0.4, -0.2) is 12.1 Å². The zero-order chi connectivity index (χ0) is 15.4. The smallest absolute Gasteiger partial charge is 0.131 e. The number of nitrogens with two attached hydrogens (primary N) is 1. The van der Waals surface area contributed by atoms with Gasteiger partial charge in [0.25, 0.3) is 0 Å². The van der Waals surface area contributed by atoms with Gasteiger partial charge >= 0.3 is 0 Å². The second-order valence-corrected chi connectivity index (χ2v) is 4.90. The molecule has 0 aliphatic heterocycles. The van der Waals surface area contributed by atoms with Crippen LogP contribution in [0.2, 0.25) is 0 Å². The van der Waals surface area contributed by atoms with Crippen molar-refractivity contribution in [2.45, 2.75) is 26.5 Å². The van der Waals surface area contributed by atoms with Gasteiger partial charge in [0, 0.05) is 35.5 Å². The van der Waals surface area contributed by atoms with Crippen molar-refractivity contribution in [3.63, 3.8) is 0 Å². The molecule has 0 aliphatic carbocycles. The molecule has 2 N–H and O–H groups in total. The molecule has 2 rings (SSSR count). The molecule has 0 amide bonds. The second kappa shape index (κ2) is 6.54. The molecule has 1 aromatic carbocycles. The minimum absolute atomic E-state index is 0.245. The molecule has 1 aromatic heterocycles. The number of benzene rings is 1. The first kappa shape index (κ1) is 15.3. The Kier molecular flexibility index (Phi) is 4.75. The Morgan fingerprint density at radius 1 is 1.24 bits per heavy atom. The molecule has 0 aliphatic rings. The molecule has 2 aromatic rings. The fourth-order valence-electron chi connectivity index (χ4n) is 2.02. The van der Waals surface area contributed by atoms with Gasteiger partial charge in [-0.15, -0.1) is 0 Å². The second-order valence-electron chi connectivity index (χ2n) is 4.90. The van der Waals surface area contributed by atoms with E-state index in [4.69, 9.17) is 15.2 Å². The summed E-state index contributed by atoms with van der Waals surface area (Å²) >= 11 is 0. The first-order valence-electron chi connectivity index (χ1n) is 6.69. The molecule has 1 heterocycles. The highest BCUT2D eigenvalue weighted by Crippen LogP contribution is 2.22. The Hall–Kier alpha value is -2.14. The van der Waals surface area contributed by atoms with Crippen LogP contribution in [0, 0.1) is 12.7 Å². The van der Waals surface area contributed by atoms with E-state index in [2.05, 4.69) is 4.98 Å². The normalized spacial score (nSPS) is 12.0. The molecule has 0 bridgehead atoms. The van der Waals surface area contributed by atoms with Crippen molar-refractivity contribution in [1.82, 2.24) is 4.98 Å². The summed E-state index contributed by atoms with van der Waals surface area (Å²) in [5.74, 6) is 0.802. The standard InChI is InChI=1S/C16H19FN2O2/c1-10-6-14(20-3)7-12(19-10)9-21-13-4-5-15(11(2)18)16(17)8-13/h4-8,11H,9,18H2,1-3H3/t11-/m1/s1. The fraction of sp³-hybridized carbons (Fsp3) is 0.312. The number of nitrogens with zero attached hydrogens (tertiary/aromatic N) is 1. The largest absolute Gasteiger partial charge is 0.497 e. The van der Waals surface area contributed by atoms with E-state index in [9.17, 15) is 4.39 Å². The molecular weight excluding hydrogens is 271 g/mol. The molecule has 4 nitrogen and oxygen atoms in total. The number of hydrogen-bond donors (Lipinski definition) is 1. The van der Waals surface area contributed by atoms with Gasteiger partial charge in [0.05, 0.1) is 12.8 Å². The van der Waals surface area contributed by atoms with Crippen LogP contribution in [0.5, 0.6) is 11.5 Å².